The van der Waals surface area contributed by atoms with Crippen LogP contribution in [-0.2, 0) is 9.59 Å². The van der Waals surface area contributed by atoms with Crippen LogP contribution in [0.1, 0.15) is 10.4 Å². The summed E-state index contributed by atoms with van der Waals surface area (Å²) in [6.45, 7) is 0. The summed E-state index contributed by atoms with van der Waals surface area (Å²) < 4.78 is 0. The summed E-state index contributed by atoms with van der Waals surface area (Å²) in [5.74, 6) is -3.53. The maximum Gasteiger partial charge on any atom is 0.270 e. The first-order chi connectivity index (χ1) is 15.8. The van der Waals surface area contributed by atoms with Crippen LogP contribution in [0, 0.1) is 22.0 Å². The third kappa shape index (κ3) is 3.23. The number of benzene rings is 2. The number of fused-ring (bicyclic) bond motifs is 3. The van der Waals surface area contributed by atoms with E-state index in [1.54, 1.807) is 12.2 Å². The zero-order valence-electron chi connectivity index (χ0n) is 16.7. The lowest BCUT2D eigenvalue weighted by atomic mass is 9.86. The second kappa shape index (κ2) is 7.79. The zero-order valence-corrected chi connectivity index (χ0v) is 18.2. The highest BCUT2D eigenvalue weighted by atomic mass is 35.5. The topological polar surface area (TPSA) is 113 Å². The Bertz CT molecular complexity index is 1290. The number of carbonyl (C=O) groups is 3. The maximum atomic E-state index is 13.6. The largest absolute Gasteiger partial charge is 0.292 e. The molecule has 2 aromatic rings. The smallest absolute Gasteiger partial charge is 0.270 e. The van der Waals surface area contributed by atoms with Crippen molar-refractivity contribution in [2.75, 3.05) is 4.90 Å². The molecule has 0 unspecified atom stereocenters. The Morgan fingerprint density at radius 1 is 1.06 bits per heavy atom. The molecule has 3 heterocycles. The second-order valence-electron chi connectivity index (χ2n) is 7.80. The Labute approximate surface area is 197 Å². The van der Waals surface area contributed by atoms with Crippen LogP contribution in [-0.4, -0.2) is 45.8 Å². The van der Waals surface area contributed by atoms with Gasteiger partial charge in [-0.2, -0.15) is 5.10 Å². The van der Waals surface area contributed by atoms with E-state index in [0.717, 1.165) is 11.0 Å². The van der Waals surface area contributed by atoms with E-state index in [1.807, 2.05) is 0 Å². The van der Waals surface area contributed by atoms with Gasteiger partial charge in [-0.25, -0.2) is 4.90 Å². The minimum atomic E-state index is -1.12. The molecule has 166 valence electrons. The van der Waals surface area contributed by atoms with Gasteiger partial charge in [0.2, 0.25) is 11.8 Å². The van der Waals surface area contributed by atoms with Crippen molar-refractivity contribution in [3.05, 3.63) is 80.3 Å². The van der Waals surface area contributed by atoms with Gasteiger partial charge in [0, 0.05) is 28.9 Å². The number of nitro groups is 1. The Kier molecular flexibility index (Phi) is 5.02. The molecule has 0 bridgehead atoms. The molecule has 5 rings (SSSR count). The number of Topliss-reactive ketones (excluding diaryl/α,β-unsaturated/α-hetero) is 1. The number of halogens is 2. The number of anilines is 1. The van der Waals surface area contributed by atoms with Gasteiger partial charge in [0.05, 0.1) is 33.5 Å². The molecule has 0 spiro atoms. The van der Waals surface area contributed by atoms with Crippen LogP contribution in [0.3, 0.4) is 0 Å². The van der Waals surface area contributed by atoms with Crippen LogP contribution in [0.2, 0.25) is 10.0 Å². The minimum absolute atomic E-state index is 0.0570. The normalized spacial score (nSPS) is 25.4. The number of amides is 2. The van der Waals surface area contributed by atoms with Crippen LogP contribution >= 0.6 is 23.2 Å². The van der Waals surface area contributed by atoms with Crippen LogP contribution in [0.25, 0.3) is 0 Å². The first kappa shape index (κ1) is 21.3. The molecule has 2 amide bonds. The first-order valence-electron chi connectivity index (χ1n) is 9.90. The van der Waals surface area contributed by atoms with Crippen LogP contribution < -0.4 is 4.90 Å². The lowest BCUT2D eigenvalue weighted by Gasteiger charge is -2.30. The molecule has 0 N–H and O–H groups in total. The Hall–Kier alpha value is -3.56. The average molecular weight is 485 g/mol. The van der Waals surface area contributed by atoms with E-state index in [1.165, 1.54) is 47.6 Å². The standard InChI is InChI=1S/C22H14Cl2N4O5/c23-12-6-7-15(14(24)10-12)26-21(30)17-16-5-2-8-25-27(16)19(18(17)22(26)31)20(29)11-3-1-4-13(9-11)28(32)33/h1-10,16-19H/t16-,17-,18-,19+/m0/s1. The van der Waals surface area contributed by atoms with E-state index in [-0.39, 0.29) is 22.0 Å². The predicted molar refractivity (Wildman–Crippen MR) is 120 cm³/mol. The van der Waals surface area contributed by atoms with Crippen molar-refractivity contribution in [1.82, 2.24) is 5.01 Å². The molecule has 2 saturated heterocycles. The minimum Gasteiger partial charge on any atom is -0.292 e. The SMILES string of the molecule is O=C(c1cccc([N+](=O)[O-])c1)[C@H]1[C@H]2C(=O)N(c3ccc(Cl)cc3Cl)C(=O)[C@H]2[C@@H]2C=CC=NN21. The first-order valence-corrected chi connectivity index (χ1v) is 10.7. The van der Waals surface area contributed by atoms with Crippen molar-refractivity contribution in [3.8, 4) is 0 Å². The predicted octanol–water partition coefficient (Wildman–Crippen LogP) is 3.50. The highest BCUT2D eigenvalue weighted by molar-refractivity contribution is 6.38. The van der Waals surface area contributed by atoms with Gasteiger partial charge >= 0.3 is 0 Å². The molecule has 4 atom stereocenters. The highest BCUT2D eigenvalue weighted by Crippen LogP contribution is 2.47. The number of rotatable bonds is 4. The van der Waals surface area contributed by atoms with Crippen LogP contribution in [0.4, 0.5) is 11.4 Å². The fourth-order valence-corrected chi connectivity index (χ4v) is 5.17. The summed E-state index contributed by atoms with van der Waals surface area (Å²) in [4.78, 5) is 52.1. The zero-order chi connectivity index (χ0) is 23.4. The molecule has 0 radical (unpaired) electrons. The molecule has 33 heavy (non-hydrogen) atoms. The Morgan fingerprint density at radius 3 is 2.55 bits per heavy atom. The monoisotopic (exact) mass is 484 g/mol. The molecular weight excluding hydrogens is 471 g/mol. The number of ketones is 1. The van der Waals surface area contributed by atoms with E-state index in [9.17, 15) is 24.5 Å². The summed E-state index contributed by atoms with van der Waals surface area (Å²) in [6.07, 6.45) is 4.83. The number of nitro benzene ring substituents is 1. The third-order valence-corrected chi connectivity index (χ3v) is 6.59. The van der Waals surface area contributed by atoms with Gasteiger partial charge in [0.15, 0.2) is 5.78 Å². The van der Waals surface area contributed by atoms with E-state index in [0.29, 0.717) is 5.02 Å². The van der Waals surface area contributed by atoms with Gasteiger partial charge in [-0.15, -0.1) is 0 Å². The highest BCUT2D eigenvalue weighted by Gasteiger charge is 2.64. The molecule has 0 aromatic heterocycles. The number of non-ortho nitro benzene ring substituents is 1. The number of carbonyl (C=O) groups excluding carboxylic acids is 3. The van der Waals surface area contributed by atoms with E-state index >= 15 is 0 Å². The number of allylic oxidation sites excluding steroid dienone is 1. The number of imide groups is 1. The van der Waals surface area contributed by atoms with Gasteiger partial charge in [0.1, 0.15) is 6.04 Å². The lowest BCUT2D eigenvalue weighted by Crippen LogP contribution is -2.46. The summed E-state index contributed by atoms with van der Waals surface area (Å²) >= 11 is 12.2. The van der Waals surface area contributed by atoms with Crippen molar-refractivity contribution in [2.45, 2.75) is 12.1 Å². The molecule has 2 aromatic carbocycles. The van der Waals surface area contributed by atoms with Crippen molar-refractivity contribution in [1.29, 1.82) is 0 Å². The van der Waals surface area contributed by atoms with Crippen LogP contribution in [0.15, 0.2) is 59.7 Å². The van der Waals surface area contributed by atoms with E-state index in [4.69, 9.17) is 23.2 Å². The molecule has 9 nitrogen and oxygen atoms in total. The summed E-state index contributed by atoms with van der Waals surface area (Å²) in [5, 5.41) is 17.3. The van der Waals surface area contributed by atoms with Crippen molar-refractivity contribution in [3.63, 3.8) is 0 Å². The molecule has 0 aliphatic carbocycles. The van der Waals surface area contributed by atoms with Crippen molar-refractivity contribution >= 4 is 58.4 Å². The number of hydrazone groups is 1. The summed E-state index contributed by atoms with van der Waals surface area (Å²) in [5.41, 5.74) is -0.0131. The number of hydrogen-bond donors (Lipinski definition) is 0. The third-order valence-electron chi connectivity index (χ3n) is 6.05. The molecule has 3 aliphatic heterocycles. The fraction of sp³-hybridized carbons (Fsp3) is 0.182. The quantitative estimate of drug-likeness (QED) is 0.284. The van der Waals surface area contributed by atoms with Crippen molar-refractivity contribution in [2.24, 2.45) is 16.9 Å². The average Bonchev–Trinajstić information content (AvgIpc) is 3.27. The van der Waals surface area contributed by atoms with Gasteiger partial charge in [0.25, 0.3) is 5.69 Å². The lowest BCUT2D eigenvalue weighted by molar-refractivity contribution is -0.384. The number of hydrogen-bond acceptors (Lipinski definition) is 7. The fourth-order valence-electron chi connectivity index (χ4n) is 4.68. The van der Waals surface area contributed by atoms with Gasteiger partial charge in [-0.3, -0.25) is 29.5 Å². The maximum absolute atomic E-state index is 13.6. The van der Waals surface area contributed by atoms with E-state index in [2.05, 4.69) is 5.10 Å². The number of nitrogens with zero attached hydrogens (tertiary/aromatic N) is 4. The van der Waals surface area contributed by atoms with Gasteiger partial charge in [-0.05, 0) is 24.3 Å². The molecule has 11 heteroatoms. The molecular formula is C22H14Cl2N4O5. The van der Waals surface area contributed by atoms with Gasteiger partial charge in [-0.1, -0.05) is 41.4 Å². The van der Waals surface area contributed by atoms with Crippen molar-refractivity contribution < 1.29 is 19.3 Å². The Balaban J connectivity index is 1.59. The Morgan fingerprint density at radius 2 is 1.82 bits per heavy atom. The van der Waals surface area contributed by atoms with Crippen LogP contribution in [0.5, 0.6) is 0 Å². The molecule has 2 fully saturated rings. The summed E-state index contributed by atoms with van der Waals surface area (Å²) in [6, 6.07) is 7.95. The van der Waals surface area contributed by atoms with Gasteiger partial charge < -0.3 is 0 Å². The second-order valence-corrected chi connectivity index (χ2v) is 8.64. The molecule has 0 saturated carbocycles. The summed E-state index contributed by atoms with van der Waals surface area (Å²) in [7, 11) is 0. The molecule has 3 aliphatic rings. The van der Waals surface area contributed by atoms with E-state index < -0.39 is 46.4 Å².